The molecule has 0 spiro atoms. The zero-order valence-electron chi connectivity index (χ0n) is 9.91. The first-order valence-corrected chi connectivity index (χ1v) is 5.33. The maximum absolute atomic E-state index is 11.4. The summed E-state index contributed by atoms with van der Waals surface area (Å²) in [6, 6.07) is 5.23. The van der Waals surface area contributed by atoms with E-state index in [0.29, 0.717) is 12.3 Å². The van der Waals surface area contributed by atoms with Crippen LogP contribution < -0.4 is 11.1 Å². The van der Waals surface area contributed by atoms with Gasteiger partial charge >= 0.3 is 5.97 Å². The quantitative estimate of drug-likeness (QED) is 0.603. The highest BCUT2D eigenvalue weighted by atomic mass is 16.5. The Bertz CT molecular complexity index is 357. The average Bonchev–Trinajstić information content (AvgIpc) is 2.16. The predicted molar refractivity (Wildman–Crippen MR) is 65.3 cm³/mol. The first-order chi connectivity index (χ1) is 7.52. The molecule has 0 saturated heterocycles. The third kappa shape index (κ3) is 3.46. The molecule has 0 aliphatic carbocycles. The van der Waals surface area contributed by atoms with Crippen molar-refractivity contribution >= 4 is 17.3 Å². The molecule has 16 heavy (non-hydrogen) atoms. The standard InChI is InChI=1S/C12H18N2O2/c1-4-16-12(15)9(3)14-11-6-8(2)5-10(13)7-11/h5-7,9,14H,4,13H2,1-3H3. The smallest absolute Gasteiger partial charge is 0.328 e. The number of rotatable bonds is 4. The lowest BCUT2D eigenvalue weighted by Crippen LogP contribution is -2.28. The number of carbonyl (C=O) groups excluding carboxylic acids is 1. The fourth-order valence-electron chi connectivity index (χ4n) is 1.47. The van der Waals surface area contributed by atoms with Gasteiger partial charge < -0.3 is 15.8 Å². The number of ether oxygens (including phenoxy) is 1. The summed E-state index contributed by atoms with van der Waals surface area (Å²) in [7, 11) is 0. The molecule has 0 radical (unpaired) electrons. The van der Waals surface area contributed by atoms with E-state index >= 15 is 0 Å². The number of esters is 1. The van der Waals surface area contributed by atoms with Gasteiger partial charge in [0, 0.05) is 11.4 Å². The van der Waals surface area contributed by atoms with Crippen molar-refractivity contribution < 1.29 is 9.53 Å². The van der Waals surface area contributed by atoms with E-state index in [1.165, 1.54) is 0 Å². The fourth-order valence-corrected chi connectivity index (χ4v) is 1.47. The highest BCUT2D eigenvalue weighted by Crippen LogP contribution is 2.16. The molecule has 0 heterocycles. The lowest BCUT2D eigenvalue weighted by Gasteiger charge is -2.14. The largest absolute Gasteiger partial charge is 0.464 e. The van der Waals surface area contributed by atoms with E-state index in [0.717, 1.165) is 11.3 Å². The van der Waals surface area contributed by atoms with E-state index < -0.39 is 0 Å². The minimum Gasteiger partial charge on any atom is -0.464 e. The van der Waals surface area contributed by atoms with Gasteiger partial charge in [-0.1, -0.05) is 0 Å². The van der Waals surface area contributed by atoms with E-state index in [1.807, 2.05) is 19.1 Å². The molecule has 88 valence electrons. The molecular weight excluding hydrogens is 204 g/mol. The average molecular weight is 222 g/mol. The molecule has 0 aliphatic heterocycles. The van der Waals surface area contributed by atoms with E-state index in [9.17, 15) is 4.79 Å². The Morgan fingerprint density at radius 2 is 2.19 bits per heavy atom. The zero-order chi connectivity index (χ0) is 12.1. The van der Waals surface area contributed by atoms with Crippen LogP contribution in [-0.4, -0.2) is 18.6 Å². The molecule has 1 rings (SSSR count). The number of carbonyl (C=O) groups is 1. The van der Waals surface area contributed by atoms with Gasteiger partial charge in [0.2, 0.25) is 0 Å². The Morgan fingerprint density at radius 3 is 2.75 bits per heavy atom. The number of hydrogen-bond acceptors (Lipinski definition) is 4. The molecule has 0 aromatic heterocycles. The molecule has 0 amide bonds. The summed E-state index contributed by atoms with van der Waals surface area (Å²) in [6.07, 6.45) is 0. The number of hydrogen-bond donors (Lipinski definition) is 2. The molecular formula is C12H18N2O2. The van der Waals surface area contributed by atoms with Crippen LogP contribution >= 0.6 is 0 Å². The van der Waals surface area contributed by atoms with Crippen molar-refractivity contribution in [2.24, 2.45) is 0 Å². The van der Waals surface area contributed by atoms with Gasteiger partial charge in [0.15, 0.2) is 0 Å². The van der Waals surface area contributed by atoms with Gasteiger partial charge in [0.1, 0.15) is 6.04 Å². The topological polar surface area (TPSA) is 64.3 Å². The molecule has 1 aromatic rings. The first-order valence-electron chi connectivity index (χ1n) is 5.33. The van der Waals surface area contributed by atoms with Crippen LogP contribution in [0.25, 0.3) is 0 Å². The van der Waals surface area contributed by atoms with Gasteiger partial charge in [-0.3, -0.25) is 0 Å². The monoisotopic (exact) mass is 222 g/mol. The number of nitrogens with two attached hydrogens (primary N) is 1. The third-order valence-corrected chi connectivity index (χ3v) is 2.12. The number of aryl methyl sites for hydroxylation is 1. The summed E-state index contributed by atoms with van der Waals surface area (Å²) < 4.78 is 4.90. The van der Waals surface area contributed by atoms with Crippen LogP contribution in [0.5, 0.6) is 0 Å². The second-order valence-corrected chi connectivity index (χ2v) is 3.75. The van der Waals surface area contributed by atoms with Crippen LogP contribution in [0.2, 0.25) is 0 Å². The van der Waals surface area contributed by atoms with Crippen LogP contribution in [0, 0.1) is 6.92 Å². The summed E-state index contributed by atoms with van der Waals surface area (Å²) in [5.74, 6) is -0.262. The van der Waals surface area contributed by atoms with E-state index in [-0.39, 0.29) is 12.0 Å². The van der Waals surface area contributed by atoms with Crippen LogP contribution in [0.1, 0.15) is 19.4 Å². The summed E-state index contributed by atoms with van der Waals surface area (Å²) in [5.41, 5.74) is 8.28. The summed E-state index contributed by atoms with van der Waals surface area (Å²) in [5, 5.41) is 3.05. The van der Waals surface area contributed by atoms with Crippen molar-refractivity contribution in [3.8, 4) is 0 Å². The number of anilines is 2. The second-order valence-electron chi connectivity index (χ2n) is 3.75. The Labute approximate surface area is 95.8 Å². The fraction of sp³-hybridized carbons (Fsp3) is 0.417. The van der Waals surface area contributed by atoms with Crippen molar-refractivity contribution in [1.29, 1.82) is 0 Å². The normalized spacial score (nSPS) is 11.9. The van der Waals surface area contributed by atoms with Gasteiger partial charge in [0.05, 0.1) is 6.61 Å². The van der Waals surface area contributed by atoms with Crippen molar-refractivity contribution in [2.45, 2.75) is 26.8 Å². The van der Waals surface area contributed by atoms with E-state index in [4.69, 9.17) is 10.5 Å². The lowest BCUT2D eigenvalue weighted by atomic mass is 10.2. The van der Waals surface area contributed by atoms with Gasteiger partial charge in [-0.2, -0.15) is 0 Å². The highest BCUT2D eigenvalue weighted by molar-refractivity contribution is 5.79. The Balaban J connectivity index is 2.69. The summed E-state index contributed by atoms with van der Waals surface area (Å²) in [4.78, 5) is 11.4. The minimum absolute atomic E-state index is 0.262. The minimum atomic E-state index is -0.374. The van der Waals surface area contributed by atoms with Gasteiger partial charge in [-0.15, -0.1) is 0 Å². The molecule has 0 aliphatic rings. The third-order valence-electron chi connectivity index (χ3n) is 2.12. The number of nitrogens with one attached hydrogen (secondary N) is 1. The zero-order valence-corrected chi connectivity index (χ0v) is 9.91. The van der Waals surface area contributed by atoms with Crippen LogP contribution in [-0.2, 0) is 9.53 Å². The molecule has 4 nitrogen and oxygen atoms in total. The van der Waals surface area contributed by atoms with Crippen molar-refractivity contribution in [1.82, 2.24) is 0 Å². The molecule has 0 fully saturated rings. The van der Waals surface area contributed by atoms with Gasteiger partial charge in [-0.25, -0.2) is 4.79 Å². The molecule has 1 atom stereocenters. The van der Waals surface area contributed by atoms with E-state index in [1.54, 1.807) is 19.9 Å². The second kappa shape index (κ2) is 5.39. The molecule has 3 N–H and O–H groups in total. The number of benzene rings is 1. The SMILES string of the molecule is CCOC(=O)C(C)Nc1cc(C)cc(N)c1. The predicted octanol–water partition coefficient (Wildman–Crippen LogP) is 1.94. The van der Waals surface area contributed by atoms with Gasteiger partial charge in [-0.05, 0) is 44.5 Å². The summed E-state index contributed by atoms with van der Waals surface area (Å²) >= 11 is 0. The highest BCUT2D eigenvalue weighted by Gasteiger charge is 2.13. The van der Waals surface area contributed by atoms with Crippen LogP contribution in [0.3, 0.4) is 0 Å². The Hall–Kier alpha value is -1.71. The van der Waals surface area contributed by atoms with Crippen LogP contribution in [0.4, 0.5) is 11.4 Å². The molecule has 4 heteroatoms. The molecule has 1 aromatic carbocycles. The lowest BCUT2D eigenvalue weighted by molar-refractivity contribution is -0.143. The maximum atomic E-state index is 11.4. The Kier molecular flexibility index (Phi) is 4.17. The van der Waals surface area contributed by atoms with Crippen molar-refractivity contribution in [2.75, 3.05) is 17.7 Å². The maximum Gasteiger partial charge on any atom is 0.328 e. The van der Waals surface area contributed by atoms with Gasteiger partial charge in [0.25, 0.3) is 0 Å². The summed E-state index contributed by atoms with van der Waals surface area (Å²) in [6.45, 7) is 5.89. The first kappa shape index (κ1) is 12.4. The van der Waals surface area contributed by atoms with E-state index in [2.05, 4.69) is 5.32 Å². The molecule has 0 bridgehead atoms. The Morgan fingerprint density at radius 1 is 1.50 bits per heavy atom. The van der Waals surface area contributed by atoms with Crippen molar-refractivity contribution in [3.63, 3.8) is 0 Å². The van der Waals surface area contributed by atoms with Crippen LogP contribution in [0.15, 0.2) is 18.2 Å². The number of nitrogen functional groups attached to an aromatic ring is 1. The van der Waals surface area contributed by atoms with Crippen molar-refractivity contribution in [3.05, 3.63) is 23.8 Å². The molecule has 0 saturated carbocycles. The molecule has 1 unspecified atom stereocenters.